The number of benzene rings is 2. The summed E-state index contributed by atoms with van der Waals surface area (Å²) in [6, 6.07) is 14.6. The highest BCUT2D eigenvalue weighted by Crippen LogP contribution is 2.31. The van der Waals surface area contributed by atoms with E-state index in [0.29, 0.717) is 17.1 Å². The first-order valence-electron chi connectivity index (χ1n) is 9.26. The average molecular weight is 438 g/mol. The minimum Gasteiger partial charge on any atom is -0.457 e. The van der Waals surface area contributed by atoms with Crippen molar-refractivity contribution in [3.05, 3.63) is 92.3 Å². The van der Waals surface area contributed by atoms with Gasteiger partial charge in [0.1, 0.15) is 22.2 Å². The molecule has 0 spiro atoms. The van der Waals surface area contributed by atoms with E-state index in [9.17, 15) is 19.7 Å². The van der Waals surface area contributed by atoms with Gasteiger partial charge < -0.3 is 9.73 Å². The van der Waals surface area contributed by atoms with E-state index < -0.39 is 16.9 Å². The van der Waals surface area contributed by atoms with E-state index in [2.05, 4.69) is 5.32 Å². The van der Waals surface area contributed by atoms with E-state index >= 15 is 0 Å². The van der Waals surface area contributed by atoms with Crippen molar-refractivity contribution >= 4 is 35.3 Å². The van der Waals surface area contributed by atoms with E-state index in [0.717, 1.165) is 16.0 Å². The first-order valence-corrected chi connectivity index (χ1v) is 9.64. The second-order valence-electron chi connectivity index (χ2n) is 6.99. The number of carbonyl (C=O) groups is 2. The predicted octanol–water partition coefficient (Wildman–Crippen LogP) is 4.91. The number of nitro groups is 1. The Kier molecular flexibility index (Phi) is 5.31. The number of nitrogens with one attached hydrogen (secondary N) is 1. The summed E-state index contributed by atoms with van der Waals surface area (Å²) in [5.41, 5.74) is 2.19. The summed E-state index contributed by atoms with van der Waals surface area (Å²) in [5.74, 6) is 0.209. The van der Waals surface area contributed by atoms with Crippen LogP contribution in [0.25, 0.3) is 17.4 Å². The number of rotatable bonds is 5. The Balaban J connectivity index is 1.55. The third kappa shape index (κ3) is 4.19. The van der Waals surface area contributed by atoms with Gasteiger partial charge in [0.25, 0.3) is 11.6 Å². The summed E-state index contributed by atoms with van der Waals surface area (Å²) in [4.78, 5) is 36.6. The van der Waals surface area contributed by atoms with E-state index in [1.54, 1.807) is 18.2 Å². The van der Waals surface area contributed by atoms with Crippen LogP contribution in [0.1, 0.15) is 16.9 Å². The number of carbonyl (C=O) groups excluding carboxylic acids is 2. The normalized spacial score (nSPS) is 14.9. The van der Waals surface area contributed by atoms with Gasteiger partial charge in [-0.3, -0.25) is 19.8 Å². The van der Waals surface area contributed by atoms with Crippen molar-refractivity contribution in [1.29, 1.82) is 0 Å². The lowest BCUT2D eigenvalue weighted by Crippen LogP contribution is -2.30. The molecule has 156 valence electrons. The van der Waals surface area contributed by atoms with Crippen LogP contribution in [-0.4, -0.2) is 21.8 Å². The molecule has 2 aromatic carbocycles. The molecule has 0 unspecified atom stereocenters. The first-order chi connectivity index (χ1) is 14.8. The number of halogens is 1. The fraction of sp³-hybridized carbons (Fsp3) is 0.0909. The van der Waals surface area contributed by atoms with E-state index in [-0.39, 0.29) is 23.0 Å². The molecule has 0 atom stereocenters. The third-order valence-electron chi connectivity index (χ3n) is 4.73. The Morgan fingerprint density at radius 3 is 2.71 bits per heavy atom. The van der Waals surface area contributed by atoms with Crippen molar-refractivity contribution < 1.29 is 18.9 Å². The lowest BCUT2D eigenvalue weighted by atomic mass is 10.1. The van der Waals surface area contributed by atoms with Gasteiger partial charge in [0.2, 0.25) is 0 Å². The molecule has 31 heavy (non-hydrogen) atoms. The van der Waals surface area contributed by atoms with Gasteiger partial charge in [-0.25, -0.2) is 4.79 Å². The van der Waals surface area contributed by atoms with Crippen molar-refractivity contribution in [2.24, 2.45) is 0 Å². The molecule has 2 heterocycles. The van der Waals surface area contributed by atoms with Gasteiger partial charge >= 0.3 is 6.03 Å². The maximum absolute atomic E-state index is 12.7. The van der Waals surface area contributed by atoms with Gasteiger partial charge in [-0.15, -0.1) is 0 Å². The fourth-order valence-electron chi connectivity index (χ4n) is 3.24. The zero-order valence-corrected chi connectivity index (χ0v) is 17.1. The maximum atomic E-state index is 12.7. The van der Waals surface area contributed by atoms with Crippen molar-refractivity contribution in [3.8, 4) is 11.3 Å². The van der Waals surface area contributed by atoms with E-state index in [4.69, 9.17) is 16.0 Å². The summed E-state index contributed by atoms with van der Waals surface area (Å²) in [5, 5.41) is 13.7. The van der Waals surface area contributed by atoms with Crippen LogP contribution in [0.4, 0.5) is 10.5 Å². The van der Waals surface area contributed by atoms with Crippen LogP contribution in [0.3, 0.4) is 0 Å². The molecular formula is C22H16ClN3O5. The molecule has 0 bridgehead atoms. The monoisotopic (exact) mass is 437 g/mol. The highest BCUT2D eigenvalue weighted by molar-refractivity contribution is 6.32. The Bertz CT molecular complexity index is 1250. The lowest BCUT2D eigenvalue weighted by Gasteiger charge is -2.12. The first kappa shape index (κ1) is 20.4. The molecule has 1 aliphatic heterocycles. The number of nitro benzene ring substituents is 1. The SMILES string of the molecule is Cc1cccc(CN2C(=O)N/C(=C\c3ccc(-c4ccc(Cl)c([N+](=O)[O-])c4)o3)C2=O)c1. The minimum absolute atomic E-state index is 0.0237. The standard InChI is InChI=1S/C22H16ClN3O5/c1-13-3-2-4-14(9-13)12-25-21(27)18(24-22(25)28)11-16-6-8-20(31-16)15-5-7-17(23)19(10-15)26(29)30/h2-11H,12H2,1H3,(H,24,28)/b18-11-. The van der Waals surface area contributed by atoms with Crippen LogP contribution in [0.2, 0.25) is 5.02 Å². The molecule has 1 N–H and O–H groups in total. The average Bonchev–Trinajstić information content (AvgIpc) is 3.29. The van der Waals surface area contributed by atoms with Gasteiger partial charge in [-0.05, 0) is 36.8 Å². The van der Waals surface area contributed by atoms with Gasteiger partial charge in [0.15, 0.2) is 0 Å². The molecule has 9 heteroatoms. The summed E-state index contributed by atoms with van der Waals surface area (Å²) >= 11 is 5.84. The molecule has 1 fully saturated rings. The third-order valence-corrected chi connectivity index (χ3v) is 5.05. The molecule has 0 aliphatic carbocycles. The molecule has 1 aliphatic rings. The van der Waals surface area contributed by atoms with Crippen LogP contribution in [-0.2, 0) is 11.3 Å². The predicted molar refractivity (Wildman–Crippen MR) is 114 cm³/mol. The summed E-state index contributed by atoms with van der Waals surface area (Å²) in [7, 11) is 0. The van der Waals surface area contributed by atoms with Gasteiger partial charge in [0, 0.05) is 17.7 Å². The Labute approximate surface area is 181 Å². The molecule has 4 rings (SSSR count). The van der Waals surface area contributed by atoms with E-state index in [1.165, 1.54) is 18.2 Å². The van der Waals surface area contributed by atoms with Gasteiger partial charge in [-0.1, -0.05) is 41.4 Å². The summed E-state index contributed by atoms with van der Waals surface area (Å²) in [6.45, 7) is 2.09. The molecule has 3 aromatic rings. The van der Waals surface area contributed by atoms with Crippen LogP contribution >= 0.6 is 11.6 Å². The number of urea groups is 1. The number of aryl methyl sites for hydroxylation is 1. The molecule has 8 nitrogen and oxygen atoms in total. The number of furan rings is 1. The lowest BCUT2D eigenvalue weighted by molar-refractivity contribution is -0.384. The Morgan fingerprint density at radius 2 is 1.97 bits per heavy atom. The molecule has 3 amide bonds. The zero-order valence-electron chi connectivity index (χ0n) is 16.3. The molecular weight excluding hydrogens is 422 g/mol. The molecule has 1 saturated heterocycles. The fourth-order valence-corrected chi connectivity index (χ4v) is 3.43. The zero-order chi connectivity index (χ0) is 22.1. The van der Waals surface area contributed by atoms with Crippen molar-refractivity contribution in [1.82, 2.24) is 10.2 Å². The van der Waals surface area contributed by atoms with Gasteiger partial charge in [-0.2, -0.15) is 0 Å². The molecule has 1 aromatic heterocycles. The topological polar surface area (TPSA) is 106 Å². The number of hydrogen-bond acceptors (Lipinski definition) is 5. The maximum Gasteiger partial charge on any atom is 0.329 e. The largest absolute Gasteiger partial charge is 0.457 e. The quantitative estimate of drug-likeness (QED) is 0.264. The smallest absolute Gasteiger partial charge is 0.329 e. The summed E-state index contributed by atoms with van der Waals surface area (Å²) < 4.78 is 5.69. The molecule has 0 radical (unpaired) electrons. The van der Waals surface area contributed by atoms with Crippen LogP contribution < -0.4 is 5.32 Å². The van der Waals surface area contributed by atoms with Crippen LogP contribution in [0.5, 0.6) is 0 Å². The Hall–Kier alpha value is -3.91. The summed E-state index contributed by atoms with van der Waals surface area (Å²) in [6.07, 6.45) is 1.42. The highest BCUT2D eigenvalue weighted by atomic mass is 35.5. The van der Waals surface area contributed by atoms with Gasteiger partial charge in [0.05, 0.1) is 11.5 Å². The number of nitrogens with zero attached hydrogens (tertiary/aromatic N) is 2. The number of imide groups is 1. The number of hydrogen-bond donors (Lipinski definition) is 1. The van der Waals surface area contributed by atoms with Crippen LogP contribution in [0, 0.1) is 17.0 Å². The number of amides is 3. The van der Waals surface area contributed by atoms with Crippen LogP contribution in [0.15, 0.2) is 64.7 Å². The Morgan fingerprint density at radius 1 is 1.16 bits per heavy atom. The minimum atomic E-state index is -0.576. The highest BCUT2D eigenvalue weighted by Gasteiger charge is 2.33. The van der Waals surface area contributed by atoms with Crippen molar-refractivity contribution in [2.75, 3.05) is 0 Å². The molecule has 0 saturated carbocycles. The second kappa shape index (κ2) is 8.08. The van der Waals surface area contributed by atoms with Crippen molar-refractivity contribution in [3.63, 3.8) is 0 Å². The van der Waals surface area contributed by atoms with E-state index in [1.807, 2.05) is 31.2 Å². The van der Waals surface area contributed by atoms with Crippen molar-refractivity contribution in [2.45, 2.75) is 13.5 Å². The second-order valence-corrected chi connectivity index (χ2v) is 7.40.